The molecule has 0 bridgehead atoms. The third-order valence-electron chi connectivity index (χ3n) is 5.11. The summed E-state index contributed by atoms with van der Waals surface area (Å²) in [6.07, 6.45) is 0.786. The number of hydrogen-bond acceptors (Lipinski definition) is 6. The van der Waals surface area contributed by atoms with Gasteiger partial charge in [-0.2, -0.15) is 4.31 Å². The van der Waals surface area contributed by atoms with Gasteiger partial charge < -0.3 is 19.8 Å². The number of rotatable bonds is 6. The highest BCUT2D eigenvalue weighted by atomic mass is 32.2. The smallest absolute Gasteiger partial charge is 0.243 e. The Labute approximate surface area is 163 Å². The van der Waals surface area contributed by atoms with E-state index in [1.165, 1.54) is 28.6 Å². The Morgan fingerprint density at radius 1 is 0.929 bits per heavy atom. The van der Waals surface area contributed by atoms with Gasteiger partial charge in [0, 0.05) is 25.0 Å². The molecule has 0 radical (unpaired) electrons. The van der Waals surface area contributed by atoms with Gasteiger partial charge in [-0.25, -0.2) is 8.42 Å². The van der Waals surface area contributed by atoms with Gasteiger partial charge in [-0.1, -0.05) is 42.5 Å². The summed E-state index contributed by atoms with van der Waals surface area (Å²) < 4.78 is 26.9. The van der Waals surface area contributed by atoms with E-state index in [0.29, 0.717) is 18.4 Å². The molecule has 2 aromatic carbocycles. The monoisotopic (exact) mass is 401 g/mol. The first-order valence-corrected chi connectivity index (χ1v) is 10.3. The number of carboxylic acids is 2. The Morgan fingerprint density at radius 3 is 2.00 bits per heavy atom. The average molecular weight is 401 g/mol. The molecule has 1 fully saturated rings. The second kappa shape index (κ2) is 8.12. The zero-order valence-electron chi connectivity index (χ0n) is 15.0. The average Bonchev–Trinajstić information content (AvgIpc) is 2.69. The lowest BCUT2D eigenvalue weighted by Gasteiger charge is -2.36. The predicted molar refractivity (Wildman–Crippen MR) is 96.4 cm³/mol. The molecule has 0 amide bonds. The van der Waals surface area contributed by atoms with Crippen LogP contribution >= 0.6 is 0 Å². The second-order valence-electron chi connectivity index (χ2n) is 6.76. The van der Waals surface area contributed by atoms with Gasteiger partial charge in [-0.15, -0.1) is 0 Å². The van der Waals surface area contributed by atoms with E-state index in [-0.39, 0.29) is 29.5 Å². The van der Waals surface area contributed by atoms with Gasteiger partial charge in [0.2, 0.25) is 10.0 Å². The van der Waals surface area contributed by atoms with Crippen molar-refractivity contribution >= 4 is 22.0 Å². The van der Waals surface area contributed by atoms with Gasteiger partial charge in [0.1, 0.15) is 0 Å². The van der Waals surface area contributed by atoms with Crippen molar-refractivity contribution in [2.24, 2.45) is 5.92 Å². The number of carbonyl (C=O) groups is 2. The highest BCUT2D eigenvalue weighted by Crippen LogP contribution is 2.34. The molecule has 1 atom stereocenters. The Morgan fingerprint density at radius 2 is 1.50 bits per heavy atom. The van der Waals surface area contributed by atoms with Gasteiger partial charge in [-0.3, -0.25) is 0 Å². The van der Waals surface area contributed by atoms with E-state index in [2.05, 4.69) is 0 Å². The summed E-state index contributed by atoms with van der Waals surface area (Å²) >= 11 is 0. The van der Waals surface area contributed by atoms with Crippen LogP contribution in [0.25, 0.3) is 0 Å². The van der Waals surface area contributed by atoms with Crippen molar-refractivity contribution in [2.45, 2.75) is 23.7 Å². The maximum absolute atomic E-state index is 12.8. The van der Waals surface area contributed by atoms with Crippen LogP contribution < -0.4 is 10.2 Å². The van der Waals surface area contributed by atoms with E-state index in [9.17, 15) is 28.2 Å². The minimum absolute atomic E-state index is 0.00420. The number of carboxylic acid groups (broad SMARTS) is 2. The molecule has 7 nitrogen and oxygen atoms in total. The number of carbonyl (C=O) groups excluding carboxylic acids is 2. The second-order valence-corrected chi connectivity index (χ2v) is 8.70. The van der Waals surface area contributed by atoms with E-state index in [4.69, 9.17) is 0 Å². The molecule has 0 N–H and O–H groups in total. The number of aromatic carboxylic acids is 1. The van der Waals surface area contributed by atoms with Crippen LogP contribution in [0.2, 0.25) is 0 Å². The molecule has 1 saturated heterocycles. The van der Waals surface area contributed by atoms with Crippen molar-refractivity contribution in [3.8, 4) is 0 Å². The van der Waals surface area contributed by atoms with Crippen molar-refractivity contribution in [3.63, 3.8) is 0 Å². The fourth-order valence-electron chi connectivity index (χ4n) is 3.62. The SMILES string of the molecule is O=C([O-])c1ccc(S(=O)(=O)N2CCC([C@H](C(=O)[O-])c3ccccc3)CC2)cc1. The quantitative estimate of drug-likeness (QED) is 0.672. The molecule has 0 saturated carbocycles. The summed E-state index contributed by atoms with van der Waals surface area (Å²) in [6.45, 7) is 0.373. The van der Waals surface area contributed by atoms with Crippen LogP contribution in [-0.2, 0) is 14.8 Å². The topological polar surface area (TPSA) is 118 Å². The summed E-state index contributed by atoms with van der Waals surface area (Å²) in [5.41, 5.74) is 0.555. The van der Waals surface area contributed by atoms with Crippen LogP contribution in [0.5, 0.6) is 0 Å². The third-order valence-corrected chi connectivity index (χ3v) is 7.02. The van der Waals surface area contributed by atoms with Crippen molar-refractivity contribution < 1.29 is 28.2 Å². The van der Waals surface area contributed by atoms with Crippen LogP contribution in [0.3, 0.4) is 0 Å². The van der Waals surface area contributed by atoms with Gasteiger partial charge in [0.25, 0.3) is 0 Å². The summed E-state index contributed by atoms with van der Waals surface area (Å²) in [4.78, 5) is 22.5. The largest absolute Gasteiger partial charge is 0.549 e. The molecular formula is C20H19NO6S-2. The number of benzene rings is 2. The molecule has 8 heteroatoms. The third kappa shape index (κ3) is 4.07. The standard InChI is InChI=1S/C20H21NO6S/c22-19(23)16-6-8-17(9-7-16)28(26,27)21-12-10-15(11-13-21)18(20(24)25)14-4-2-1-3-5-14/h1-9,15,18H,10-13H2,(H,22,23)(H,24,25)/p-2/t18-/m1/s1. The number of piperidine rings is 1. The molecule has 28 heavy (non-hydrogen) atoms. The number of hydrogen-bond donors (Lipinski definition) is 0. The van der Waals surface area contributed by atoms with E-state index in [1.807, 2.05) is 0 Å². The maximum Gasteiger partial charge on any atom is 0.243 e. The fraction of sp³-hybridized carbons (Fsp3) is 0.300. The molecule has 1 aliphatic rings. The van der Waals surface area contributed by atoms with Gasteiger partial charge in [-0.05, 0) is 42.0 Å². The molecule has 2 aromatic rings. The van der Waals surface area contributed by atoms with Gasteiger partial charge >= 0.3 is 0 Å². The van der Waals surface area contributed by atoms with Crippen molar-refractivity contribution in [2.75, 3.05) is 13.1 Å². The maximum atomic E-state index is 12.8. The van der Waals surface area contributed by atoms with Crippen LogP contribution in [-0.4, -0.2) is 37.8 Å². The molecule has 3 rings (SSSR count). The minimum atomic E-state index is -3.78. The predicted octanol–water partition coefficient (Wildman–Crippen LogP) is -0.0155. The summed E-state index contributed by atoms with van der Waals surface area (Å²) in [6, 6.07) is 13.7. The van der Waals surface area contributed by atoms with Crippen LogP contribution in [0.15, 0.2) is 59.5 Å². The zero-order valence-corrected chi connectivity index (χ0v) is 15.8. The highest BCUT2D eigenvalue weighted by Gasteiger charge is 2.33. The first kappa shape index (κ1) is 20.0. The molecule has 1 aliphatic heterocycles. The first-order valence-electron chi connectivity index (χ1n) is 8.88. The normalized spacial score (nSPS) is 17.1. The molecule has 0 aliphatic carbocycles. The lowest BCUT2D eigenvalue weighted by molar-refractivity contribution is -0.309. The Bertz CT molecular complexity index is 948. The molecular weight excluding hydrogens is 382 g/mol. The van der Waals surface area contributed by atoms with Crippen LogP contribution in [0.4, 0.5) is 0 Å². The Hall–Kier alpha value is -2.71. The summed E-state index contributed by atoms with van der Waals surface area (Å²) in [7, 11) is -3.78. The molecule has 148 valence electrons. The van der Waals surface area contributed by atoms with Crippen molar-refractivity contribution in [1.82, 2.24) is 4.31 Å². The first-order chi connectivity index (χ1) is 13.3. The number of nitrogens with zero attached hydrogens (tertiary/aromatic N) is 1. The number of aliphatic carboxylic acids is 1. The lowest BCUT2D eigenvalue weighted by Crippen LogP contribution is -2.43. The number of sulfonamides is 1. The zero-order chi connectivity index (χ0) is 20.3. The van der Waals surface area contributed by atoms with E-state index < -0.39 is 27.9 Å². The molecule has 0 unspecified atom stereocenters. The van der Waals surface area contributed by atoms with Gasteiger partial charge in [0.15, 0.2) is 0 Å². The fourth-order valence-corrected chi connectivity index (χ4v) is 5.09. The molecule has 1 heterocycles. The summed E-state index contributed by atoms with van der Waals surface area (Å²) in [5, 5.41) is 22.5. The van der Waals surface area contributed by atoms with E-state index >= 15 is 0 Å². The van der Waals surface area contributed by atoms with E-state index in [0.717, 1.165) is 0 Å². The molecule has 0 spiro atoms. The minimum Gasteiger partial charge on any atom is -0.549 e. The van der Waals surface area contributed by atoms with Crippen molar-refractivity contribution in [1.29, 1.82) is 0 Å². The highest BCUT2D eigenvalue weighted by molar-refractivity contribution is 7.89. The Balaban J connectivity index is 1.73. The summed E-state index contributed by atoms with van der Waals surface area (Å²) in [5.74, 6) is -3.54. The Kier molecular flexibility index (Phi) is 5.81. The van der Waals surface area contributed by atoms with Gasteiger partial charge in [0.05, 0.1) is 10.9 Å². The van der Waals surface area contributed by atoms with Crippen molar-refractivity contribution in [3.05, 3.63) is 65.7 Å². The van der Waals surface area contributed by atoms with E-state index in [1.54, 1.807) is 30.3 Å². The van der Waals surface area contributed by atoms with Crippen LogP contribution in [0, 0.1) is 5.92 Å². The lowest BCUT2D eigenvalue weighted by atomic mass is 9.80. The van der Waals surface area contributed by atoms with Crippen LogP contribution in [0.1, 0.15) is 34.7 Å². The molecule has 0 aromatic heterocycles.